The van der Waals surface area contributed by atoms with Crippen LogP contribution in [0.1, 0.15) is 72.8 Å². The summed E-state index contributed by atoms with van der Waals surface area (Å²) in [5.41, 5.74) is 4.79. The van der Waals surface area contributed by atoms with Crippen LogP contribution in [-0.4, -0.2) is 66.7 Å². The molecule has 1 fully saturated rings. The molecule has 1 amide bonds. The number of hydrogen-bond acceptors (Lipinski definition) is 7. The molecular weight excluding hydrogens is 567 g/mol. The Morgan fingerprint density at radius 3 is 2.53 bits per heavy atom. The van der Waals surface area contributed by atoms with Gasteiger partial charge in [0.1, 0.15) is 5.82 Å². The second kappa shape index (κ2) is 12.2. The smallest absolute Gasteiger partial charge is 0.254 e. The summed E-state index contributed by atoms with van der Waals surface area (Å²) >= 11 is 0. The van der Waals surface area contributed by atoms with Crippen molar-refractivity contribution in [3.05, 3.63) is 76.4 Å². The van der Waals surface area contributed by atoms with Crippen molar-refractivity contribution < 1.29 is 17.6 Å². The van der Waals surface area contributed by atoms with Gasteiger partial charge in [0, 0.05) is 30.9 Å². The summed E-state index contributed by atoms with van der Waals surface area (Å²) in [6.45, 7) is 9.37. The van der Waals surface area contributed by atoms with Crippen molar-refractivity contribution in [1.82, 2.24) is 20.2 Å². The summed E-state index contributed by atoms with van der Waals surface area (Å²) in [7, 11) is -1.48. The molecule has 43 heavy (non-hydrogen) atoms. The normalized spacial score (nSPS) is 16.6. The molecule has 0 aliphatic carbocycles. The van der Waals surface area contributed by atoms with Gasteiger partial charge in [0.15, 0.2) is 0 Å². The molecule has 0 atom stereocenters. The molecule has 11 heteroatoms. The second-order valence-electron chi connectivity index (χ2n) is 12.6. The number of benzene rings is 2. The van der Waals surface area contributed by atoms with Gasteiger partial charge in [0.05, 0.1) is 21.7 Å². The Morgan fingerprint density at radius 1 is 1.09 bits per heavy atom. The van der Waals surface area contributed by atoms with Crippen LogP contribution in [0.5, 0.6) is 0 Å². The lowest BCUT2D eigenvalue weighted by Crippen LogP contribution is -2.45. The van der Waals surface area contributed by atoms with Crippen LogP contribution in [0.3, 0.4) is 0 Å². The van der Waals surface area contributed by atoms with Gasteiger partial charge in [-0.3, -0.25) is 9.10 Å². The fourth-order valence-electron chi connectivity index (χ4n) is 5.51. The fourth-order valence-corrected chi connectivity index (χ4v) is 6.97. The van der Waals surface area contributed by atoms with E-state index >= 15 is 0 Å². The minimum atomic E-state index is -3.53. The molecular formula is C32H41FN6O3S. The van der Waals surface area contributed by atoms with E-state index in [1.165, 1.54) is 12.1 Å². The third-order valence-electron chi connectivity index (χ3n) is 8.26. The molecule has 9 nitrogen and oxygen atoms in total. The Bertz CT molecular complexity index is 1610. The van der Waals surface area contributed by atoms with Crippen molar-refractivity contribution >= 4 is 33.3 Å². The predicted octanol–water partition coefficient (Wildman–Crippen LogP) is 4.96. The number of fused-ring (bicyclic) bond motifs is 1. The first-order valence-electron chi connectivity index (χ1n) is 14.8. The Morgan fingerprint density at radius 2 is 1.84 bits per heavy atom. The monoisotopic (exact) mass is 608 g/mol. The van der Waals surface area contributed by atoms with Crippen LogP contribution >= 0.6 is 0 Å². The highest BCUT2D eigenvalue weighted by Crippen LogP contribution is 2.35. The first kappa shape index (κ1) is 30.9. The Balaban J connectivity index is 1.31. The zero-order valence-electron chi connectivity index (χ0n) is 25.6. The van der Waals surface area contributed by atoms with Gasteiger partial charge in [-0.05, 0) is 114 Å². The van der Waals surface area contributed by atoms with Gasteiger partial charge in [-0.25, -0.2) is 22.8 Å². The summed E-state index contributed by atoms with van der Waals surface area (Å²) in [4.78, 5) is 24.0. The zero-order chi connectivity index (χ0) is 30.9. The predicted molar refractivity (Wildman–Crippen MR) is 168 cm³/mol. The molecule has 3 aromatic rings. The van der Waals surface area contributed by atoms with E-state index in [9.17, 15) is 17.6 Å². The molecule has 0 bridgehead atoms. The highest BCUT2D eigenvalue weighted by Gasteiger charge is 2.37. The minimum Gasteiger partial charge on any atom is -0.349 e. The number of amides is 1. The lowest BCUT2D eigenvalue weighted by Gasteiger charge is -2.35. The Labute approximate surface area is 254 Å². The van der Waals surface area contributed by atoms with E-state index in [0.29, 0.717) is 24.6 Å². The number of carbonyl (C=O) groups excluding carboxylic acids is 1. The van der Waals surface area contributed by atoms with Crippen molar-refractivity contribution in [2.45, 2.75) is 70.6 Å². The maximum atomic E-state index is 15.0. The van der Waals surface area contributed by atoms with Crippen molar-refractivity contribution in [3.63, 3.8) is 0 Å². The van der Waals surface area contributed by atoms with Gasteiger partial charge < -0.3 is 15.5 Å². The third-order valence-corrected chi connectivity index (χ3v) is 10.8. The fraction of sp³-hybridized carbons (Fsp3) is 0.469. The maximum Gasteiger partial charge on any atom is 0.254 e. The molecule has 3 heterocycles. The quantitative estimate of drug-likeness (QED) is 0.390. The molecule has 230 valence electrons. The van der Waals surface area contributed by atoms with Crippen LogP contribution in [0.2, 0.25) is 0 Å². The first-order valence-corrected chi connectivity index (χ1v) is 16.3. The van der Waals surface area contributed by atoms with E-state index < -0.39 is 26.5 Å². The lowest BCUT2D eigenvalue weighted by molar-refractivity contribution is 0.0913. The summed E-state index contributed by atoms with van der Waals surface area (Å²) in [6, 6.07) is 10.4. The number of nitrogens with zero attached hydrogens (tertiary/aromatic N) is 4. The van der Waals surface area contributed by atoms with E-state index in [1.54, 1.807) is 37.3 Å². The number of likely N-dealkylation sites (tertiary alicyclic amines) is 1. The van der Waals surface area contributed by atoms with Crippen LogP contribution in [0.25, 0.3) is 0 Å². The molecule has 2 aliphatic heterocycles. The molecule has 5 rings (SSSR count). The number of piperidine rings is 1. The highest BCUT2D eigenvalue weighted by atomic mass is 32.2. The number of carbonyl (C=O) groups is 1. The third kappa shape index (κ3) is 6.83. The standard InChI is InChI=1S/C32H41FN6O3S/c1-21-20-34-31(36-25-10-11-26(27(33)19-25)30(40)35-24-12-15-38(5)16-13-24)37-28(21)17-22-8-9-23-7-6-14-39(29(23)18-22)43(41,42)32(2,3)4/h8-11,18-20,24H,6-7,12-17H2,1-5H3,(H,35,40)(H,34,36,37). The van der Waals surface area contributed by atoms with Gasteiger partial charge in [-0.2, -0.15) is 0 Å². The van der Waals surface area contributed by atoms with E-state index in [0.717, 1.165) is 66.8 Å². The number of sulfonamides is 1. The van der Waals surface area contributed by atoms with E-state index in [4.69, 9.17) is 4.98 Å². The Hall–Kier alpha value is -3.57. The second-order valence-corrected chi connectivity index (χ2v) is 15.2. The number of hydrogen-bond donors (Lipinski definition) is 2. The molecule has 0 spiro atoms. The zero-order valence-corrected chi connectivity index (χ0v) is 26.4. The average Bonchev–Trinajstić information content (AvgIpc) is 2.95. The van der Waals surface area contributed by atoms with Crippen molar-refractivity contribution in [1.29, 1.82) is 0 Å². The number of anilines is 3. The SMILES string of the molecule is Cc1cnc(Nc2ccc(C(=O)NC3CCN(C)CC3)c(F)c2)nc1Cc1ccc2c(c1)N(S(=O)(=O)C(C)(C)C)CCC2. The molecule has 2 aromatic carbocycles. The molecule has 1 aromatic heterocycles. The topological polar surface area (TPSA) is 108 Å². The first-order chi connectivity index (χ1) is 20.3. The maximum absolute atomic E-state index is 15.0. The van der Waals surface area contributed by atoms with Gasteiger partial charge in [-0.15, -0.1) is 0 Å². The van der Waals surface area contributed by atoms with E-state index in [-0.39, 0.29) is 11.6 Å². The van der Waals surface area contributed by atoms with Crippen molar-refractivity contribution in [2.75, 3.05) is 36.3 Å². The van der Waals surface area contributed by atoms with Crippen molar-refractivity contribution in [2.24, 2.45) is 0 Å². The summed E-state index contributed by atoms with van der Waals surface area (Å²) in [5.74, 6) is -0.726. The minimum absolute atomic E-state index is 0.00456. The van der Waals surface area contributed by atoms with Crippen LogP contribution < -0.4 is 14.9 Å². The van der Waals surface area contributed by atoms with Crippen molar-refractivity contribution in [3.8, 4) is 0 Å². The van der Waals surface area contributed by atoms with Gasteiger partial charge >= 0.3 is 0 Å². The summed E-state index contributed by atoms with van der Waals surface area (Å²) < 4.78 is 42.3. The molecule has 0 unspecified atom stereocenters. The molecule has 0 radical (unpaired) electrons. The highest BCUT2D eigenvalue weighted by molar-refractivity contribution is 7.94. The molecule has 2 N–H and O–H groups in total. The summed E-state index contributed by atoms with van der Waals surface area (Å²) in [6.07, 6.45) is 5.49. The molecule has 1 saturated heterocycles. The van der Waals surface area contributed by atoms with Crippen LogP contribution in [0, 0.1) is 12.7 Å². The molecule has 2 aliphatic rings. The van der Waals surface area contributed by atoms with E-state index in [1.807, 2.05) is 32.2 Å². The van der Waals surface area contributed by atoms with E-state index in [2.05, 4.69) is 20.5 Å². The number of halogens is 1. The number of aryl methyl sites for hydroxylation is 2. The van der Waals surface area contributed by atoms with Crippen LogP contribution in [-0.2, 0) is 22.9 Å². The lowest BCUT2D eigenvalue weighted by atomic mass is 9.98. The summed E-state index contributed by atoms with van der Waals surface area (Å²) in [5, 5.41) is 6.01. The number of aromatic nitrogens is 2. The Kier molecular flexibility index (Phi) is 8.76. The largest absolute Gasteiger partial charge is 0.349 e. The van der Waals surface area contributed by atoms with Crippen LogP contribution in [0.4, 0.5) is 21.7 Å². The van der Waals surface area contributed by atoms with Gasteiger partial charge in [0.2, 0.25) is 16.0 Å². The number of rotatable bonds is 7. The average molecular weight is 609 g/mol. The van der Waals surface area contributed by atoms with Gasteiger partial charge in [0.25, 0.3) is 5.91 Å². The van der Waals surface area contributed by atoms with Gasteiger partial charge in [-0.1, -0.05) is 12.1 Å². The van der Waals surface area contributed by atoms with Crippen LogP contribution in [0.15, 0.2) is 42.6 Å². The number of nitrogens with one attached hydrogen (secondary N) is 2. The molecule has 0 saturated carbocycles.